The van der Waals surface area contributed by atoms with E-state index in [1.807, 2.05) is 14.0 Å². The van der Waals surface area contributed by atoms with Crippen LogP contribution in [-0.4, -0.2) is 41.5 Å². The van der Waals surface area contributed by atoms with Crippen molar-refractivity contribution in [1.29, 1.82) is 0 Å². The number of aliphatic hydroxyl groups excluding tert-OH is 1. The SMILES string of the molecule is CCC(C(O)O)C1CN(C)C1. The van der Waals surface area contributed by atoms with E-state index in [2.05, 4.69) is 4.90 Å². The van der Waals surface area contributed by atoms with Crippen molar-refractivity contribution in [3.8, 4) is 0 Å². The molecule has 0 amide bonds. The van der Waals surface area contributed by atoms with E-state index in [-0.39, 0.29) is 5.92 Å². The third kappa shape index (κ3) is 1.92. The predicted octanol–water partition coefficient (Wildman–Crippen LogP) is -0.115. The van der Waals surface area contributed by atoms with Gasteiger partial charge in [0.25, 0.3) is 0 Å². The highest BCUT2D eigenvalue weighted by Crippen LogP contribution is 2.26. The summed E-state index contributed by atoms with van der Waals surface area (Å²) in [6.07, 6.45) is -0.269. The molecule has 2 N–H and O–H groups in total. The molecule has 0 aliphatic carbocycles. The Labute approximate surface area is 67.6 Å². The van der Waals surface area contributed by atoms with Crippen molar-refractivity contribution in [2.75, 3.05) is 20.1 Å². The summed E-state index contributed by atoms with van der Waals surface area (Å²) in [7, 11) is 2.05. The smallest absolute Gasteiger partial charge is 0.154 e. The van der Waals surface area contributed by atoms with E-state index in [1.165, 1.54) is 0 Å². The van der Waals surface area contributed by atoms with Crippen molar-refractivity contribution in [2.45, 2.75) is 19.6 Å². The highest BCUT2D eigenvalue weighted by molar-refractivity contribution is 4.83. The molecule has 1 heterocycles. The largest absolute Gasteiger partial charge is 0.368 e. The first-order valence-electron chi connectivity index (χ1n) is 4.19. The number of hydrogen-bond acceptors (Lipinski definition) is 3. The van der Waals surface area contributed by atoms with Gasteiger partial charge in [-0.2, -0.15) is 0 Å². The van der Waals surface area contributed by atoms with Crippen LogP contribution in [0.5, 0.6) is 0 Å². The molecule has 0 saturated carbocycles. The Balaban J connectivity index is 2.32. The molecule has 1 unspecified atom stereocenters. The maximum atomic E-state index is 8.97. The van der Waals surface area contributed by atoms with Gasteiger partial charge in [-0.15, -0.1) is 0 Å². The fourth-order valence-electron chi connectivity index (χ4n) is 1.81. The van der Waals surface area contributed by atoms with Crippen LogP contribution in [0.4, 0.5) is 0 Å². The van der Waals surface area contributed by atoms with Crippen molar-refractivity contribution < 1.29 is 10.2 Å². The summed E-state index contributed by atoms with van der Waals surface area (Å²) in [5.74, 6) is 0.566. The number of hydrogen-bond donors (Lipinski definition) is 2. The van der Waals surface area contributed by atoms with Crippen molar-refractivity contribution in [3.63, 3.8) is 0 Å². The topological polar surface area (TPSA) is 43.7 Å². The maximum Gasteiger partial charge on any atom is 0.154 e. The van der Waals surface area contributed by atoms with E-state index >= 15 is 0 Å². The molecule has 0 aromatic rings. The minimum atomic E-state index is -1.13. The molecule has 1 atom stereocenters. The van der Waals surface area contributed by atoms with Gasteiger partial charge < -0.3 is 15.1 Å². The van der Waals surface area contributed by atoms with Gasteiger partial charge in [0.2, 0.25) is 0 Å². The second-order valence-corrected chi connectivity index (χ2v) is 3.47. The predicted molar refractivity (Wildman–Crippen MR) is 43.0 cm³/mol. The fourth-order valence-corrected chi connectivity index (χ4v) is 1.81. The molecule has 1 saturated heterocycles. The summed E-state index contributed by atoms with van der Waals surface area (Å²) in [6, 6.07) is 0. The van der Waals surface area contributed by atoms with Gasteiger partial charge in [-0.05, 0) is 19.4 Å². The molecule has 1 rings (SSSR count). The molecule has 0 aromatic heterocycles. The first-order chi connectivity index (χ1) is 5.15. The van der Waals surface area contributed by atoms with Gasteiger partial charge in [-0.3, -0.25) is 0 Å². The van der Waals surface area contributed by atoms with Crippen molar-refractivity contribution in [3.05, 3.63) is 0 Å². The first kappa shape index (κ1) is 8.97. The fraction of sp³-hybridized carbons (Fsp3) is 1.00. The van der Waals surface area contributed by atoms with E-state index in [0.717, 1.165) is 19.5 Å². The Bertz CT molecular complexity index is 121. The number of nitrogens with zero attached hydrogens (tertiary/aromatic N) is 1. The van der Waals surface area contributed by atoms with Crippen LogP contribution < -0.4 is 0 Å². The Hall–Kier alpha value is -0.120. The molecule has 1 fully saturated rings. The lowest BCUT2D eigenvalue weighted by molar-refractivity contribution is -0.120. The van der Waals surface area contributed by atoms with Crippen LogP contribution in [-0.2, 0) is 0 Å². The van der Waals surface area contributed by atoms with Crippen LogP contribution in [0, 0.1) is 11.8 Å². The monoisotopic (exact) mass is 159 g/mol. The number of aliphatic hydroxyl groups is 2. The third-order valence-corrected chi connectivity index (χ3v) is 2.55. The Kier molecular flexibility index (Phi) is 2.87. The average Bonchev–Trinajstić information content (AvgIpc) is 1.85. The summed E-state index contributed by atoms with van der Waals surface area (Å²) < 4.78 is 0. The van der Waals surface area contributed by atoms with Crippen molar-refractivity contribution >= 4 is 0 Å². The lowest BCUT2D eigenvalue weighted by Crippen LogP contribution is -2.50. The maximum absolute atomic E-state index is 8.97. The lowest BCUT2D eigenvalue weighted by Gasteiger charge is -2.41. The van der Waals surface area contributed by atoms with Crippen LogP contribution >= 0.6 is 0 Å². The molecule has 3 heteroatoms. The van der Waals surface area contributed by atoms with E-state index in [9.17, 15) is 0 Å². The molecule has 3 nitrogen and oxygen atoms in total. The Morgan fingerprint density at radius 1 is 1.45 bits per heavy atom. The highest BCUT2D eigenvalue weighted by Gasteiger charge is 2.33. The third-order valence-electron chi connectivity index (χ3n) is 2.55. The van der Waals surface area contributed by atoms with Crippen LogP contribution in [0.2, 0.25) is 0 Å². The van der Waals surface area contributed by atoms with E-state index in [4.69, 9.17) is 10.2 Å². The van der Waals surface area contributed by atoms with Crippen LogP contribution in [0.1, 0.15) is 13.3 Å². The molecular formula is C8H17NO2. The van der Waals surface area contributed by atoms with Gasteiger partial charge in [0.05, 0.1) is 0 Å². The molecule has 0 bridgehead atoms. The van der Waals surface area contributed by atoms with Crippen LogP contribution in [0.3, 0.4) is 0 Å². The summed E-state index contributed by atoms with van der Waals surface area (Å²) >= 11 is 0. The zero-order valence-corrected chi connectivity index (χ0v) is 7.20. The minimum absolute atomic E-state index is 0.0752. The second-order valence-electron chi connectivity index (χ2n) is 3.47. The van der Waals surface area contributed by atoms with Gasteiger partial charge in [0, 0.05) is 19.0 Å². The molecule has 1 aliphatic rings. The quantitative estimate of drug-likeness (QED) is 0.564. The molecule has 1 aliphatic heterocycles. The number of rotatable bonds is 3. The van der Waals surface area contributed by atoms with Gasteiger partial charge in [0.1, 0.15) is 0 Å². The summed E-state index contributed by atoms with van der Waals surface area (Å²) in [6.45, 7) is 4.02. The van der Waals surface area contributed by atoms with E-state index < -0.39 is 6.29 Å². The van der Waals surface area contributed by atoms with Crippen LogP contribution in [0.25, 0.3) is 0 Å². The van der Waals surface area contributed by atoms with Gasteiger partial charge in [-0.25, -0.2) is 0 Å². The van der Waals surface area contributed by atoms with Crippen molar-refractivity contribution in [1.82, 2.24) is 4.90 Å². The standard InChI is InChI=1S/C8H17NO2/c1-3-7(8(10)11)6-4-9(2)5-6/h6-8,10-11H,3-5H2,1-2H3. The lowest BCUT2D eigenvalue weighted by atomic mass is 9.84. The summed E-state index contributed by atoms with van der Waals surface area (Å²) in [5.41, 5.74) is 0. The van der Waals surface area contributed by atoms with Gasteiger partial charge >= 0.3 is 0 Å². The molecule has 0 spiro atoms. The summed E-state index contributed by atoms with van der Waals surface area (Å²) in [5, 5.41) is 17.9. The molecule has 11 heavy (non-hydrogen) atoms. The molecular weight excluding hydrogens is 142 g/mol. The summed E-state index contributed by atoms with van der Waals surface area (Å²) in [4.78, 5) is 2.19. The van der Waals surface area contributed by atoms with E-state index in [1.54, 1.807) is 0 Å². The second kappa shape index (κ2) is 3.52. The normalized spacial score (nSPS) is 23.7. The average molecular weight is 159 g/mol. The van der Waals surface area contributed by atoms with Gasteiger partial charge in [-0.1, -0.05) is 6.92 Å². The van der Waals surface area contributed by atoms with E-state index in [0.29, 0.717) is 5.92 Å². The van der Waals surface area contributed by atoms with Gasteiger partial charge in [0.15, 0.2) is 6.29 Å². The zero-order valence-electron chi connectivity index (χ0n) is 7.20. The Morgan fingerprint density at radius 2 is 2.00 bits per heavy atom. The molecule has 0 aromatic carbocycles. The molecule has 66 valence electrons. The Morgan fingerprint density at radius 3 is 2.27 bits per heavy atom. The minimum Gasteiger partial charge on any atom is -0.368 e. The first-order valence-corrected chi connectivity index (χ1v) is 4.19. The molecule has 0 radical (unpaired) electrons. The highest BCUT2D eigenvalue weighted by atomic mass is 16.5. The number of likely N-dealkylation sites (tertiary alicyclic amines) is 1. The zero-order chi connectivity index (χ0) is 8.43. The van der Waals surface area contributed by atoms with Crippen LogP contribution in [0.15, 0.2) is 0 Å². The van der Waals surface area contributed by atoms with Crippen molar-refractivity contribution in [2.24, 2.45) is 11.8 Å².